The Morgan fingerprint density at radius 2 is 2.14 bits per heavy atom. The number of hydrogen-bond acceptors (Lipinski definition) is 3. The lowest BCUT2D eigenvalue weighted by Crippen LogP contribution is -2.28. The average molecular weight is 283 g/mol. The Balaban J connectivity index is 1.92. The predicted molar refractivity (Wildman–Crippen MR) is 88.5 cm³/mol. The van der Waals surface area contributed by atoms with Crippen molar-refractivity contribution in [2.45, 2.75) is 26.3 Å². The fraction of sp³-hybridized carbons (Fsp3) is 0.500. The molecule has 3 rings (SSSR count). The minimum absolute atomic E-state index is 0.523. The molecule has 1 saturated heterocycles. The summed E-state index contributed by atoms with van der Waals surface area (Å²) in [6.07, 6.45) is 1.28. The molecule has 2 unspecified atom stereocenters. The van der Waals surface area contributed by atoms with E-state index in [1.807, 2.05) is 6.92 Å². The van der Waals surface area contributed by atoms with Crippen molar-refractivity contribution in [3.8, 4) is 0 Å². The lowest BCUT2D eigenvalue weighted by molar-refractivity contribution is 0.273. The third-order valence-corrected chi connectivity index (χ3v) is 4.62. The number of nitrogens with one attached hydrogen (secondary N) is 1. The van der Waals surface area contributed by atoms with Crippen LogP contribution in [-0.4, -0.2) is 36.6 Å². The van der Waals surface area contributed by atoms with Gasteiger partial charge in [-0.2, -0.15) is 0 Å². The molecule has 2 atom stereocenters. The van der Waals surface area contributed by atoms with Crippen molar-refractivity contribution in [2.75, 3.05) is 26.7 Å². The van der Waals surface area contributed by atoms with E-state index in [-0.39, 0.29) is 0 Å². The highest BCUT2D eigenvalue weighted by Crippen LogP contribution is 2.36. The van der Waals surface area contributed by atoms with Crippen LogP contribution in [0.4, 0.5) is 0 Å². The Hall–Kier alpha value is -1.45. The van der Waals surface area contributed by atoms with Crippen LogP contribution in [0.5, 0.6) is 0 Å². The summed E-state index contributed by atoms with van der Waals surface area (Å²) in [6.45, 7) is 7.57. The number of hydrogen-bond donors (Lipinski definition) is 1. The number of aryl methyl sites for hydroxylation is 1. The second-order valence-electron chi connectivity index (χ2n) is 6.19. The van der Waals surface area contributed by atoms with Crippen molar-refractivity contribution >= 4 is 10.9 Å². The molecule has 1 aromatic carbocycles. The van der Waals surface area contributed by atoms with Crippen molar-refractivity contribution in [1.82, 2.24) is 15.2 Å². The van der Waals surface area contributed by atoms with E-state index in [2.05, 4.69) is 59.5 Å². The van der Waals surface area contributed by atoms with E-state index in [1.54, 1.807) is 0 Å². The van der Waals surface area contributed by atoms with Crippen LogP contribution in [0.25, 0.3) is 10.9 Å². The number of pyridine rings is 1. The van der Waals surface area contributed by atoms with E-state index >= 15 is 0 Å². The summed E-state index contributed by atoms with van der Waals surface area (Å²) in [5.74, 6) is 0.700. The summed E-state index contributed by atoms with van der Waals surface area (Å²) in [7, 11) is 2.24. The molecule has 2 aromatic rings. The number of aromatic nitrogens is 1. The fourth-order valence-corrected chi connectivity index (χ4v) is 3.53. The zero-order valence-corrected chi connectivity index (χ0v) is 13.3. The maximum absolute atomic E-state index is 4.61. The summed E-state index contributed by atoms with van der Waals surface area (Å²) in [5.41, 5.74) is 3.61. The van der Waals surface area contributed by atoms with Gasteiger partial charge in [-0.3, -0.25) is 9.88 Å². The van der Waals surface area contributed by atoms with Crippen molar-refractivity contribution in [3.05, 3.63) is 41.6 Å². The van der Waals surface area contributed by atoms with Gasteiger partial charge in [-0.1, -0.05) is 19.1 Å². The van der Waals surface area contributed by atoms with Gasteiger partial charge < -0.3 is 5.32 Å². The first-order valence-electron chi connectivity index (χ1n) is 7.97. The molecule has 0 bridgehead atoms. The second kappa shape index (κ2) is 6.12. The minimum atomic E-state index is 0.523. The van der Waals surface area contributed by atoms with Crippen LogP contribution in [0, 0.1) is 12.8 Å². The second-order valence-corrected chi connectivity index (χ2v) is 6.19. The van der Waals surface area contributed by atoms with E-state index in [4.69, 9.17) is 0 Å². The van der Waals surface area contributed by atoms with Crippen LogP contribution in [0.2, 0.25) is 0 Å². The quantitative estimate of drug-likeness (QED) is 0.934. The van der Waals surface area contributed by atoms with Crippen molar-refractivity contribution in [1.29, 1.82) is 0 Å². The van der Waals surface area contributed by atoms with E-state index in [1.165, 1.54) is 23.9 Å². The Bertz CT molecular complexity index is 623. The number of fused-ring (bicyclic) bond motifs is 1. The first-order chi connectivity index (χ1) is 10.2. The molecular weight excluding hydrogens is 258 g/mol. The standard InChI is InChI=1S/C18H25N3/c1-4-19-12-16-9-10-21(3)18(16)15-7-8-17-14(11-15)6-5-13(2)20-17/h5-8,11,16,18-19H,4,9-10,12H2,1-3H3. The van der Waals surface area contributed by atoms with Gasteiger partial charge >= 0.3 is 0 Å². The van der Waals surface area contributed by atoms with Gasteiger partial charge in [0.25, 0.3) is 0 Å². The lowest BCUT2D eigenvalue weighted by Gasteiger charge is -2.26. The third kappa shape index (κ3) is 2.94. The minimum Gasteiger partial charge on any atom is -0.317 e. The number of rotatable bonds is 4. The average Bonchev–Trinajstić information content (AvgIpc) is 2.85. The molecule has 1 N–H and O–H groups in total. The Morgan fingerprint density at radius 1 is 1.29 bits per heavy atom. The number of nitrogens with zero attached hydrogens (tertiary/aromatic N) is 2. The molecule has 21 heavy (non-hydrogen) atoms. The maximum Gasteiger partial charge on any atom is 0.0705 e. The molecule has 1 aromatic heterocycles. The van der Waals surface area contributed by atoms with Crippen molar-refractivity contribution in [3.63, 3.8) is 0 Å². The fourth-order valence-electron chi connectivity index (χ4n) is 3.53. The molecule has 1 aliphatic rings. The van der Waals surface area contributed by atoms with E-state index < -0.39 is 0 Å². The van der Waals surface area contributed by atoms with Crippen LogP contribution < -0.4 is 5.32 Å². The van der Waals surface area contributed by atoms with Crippen LogP contribution in [0.15, 0.2) is 30.3 Å². The summed E-state index contributed by atoms with van der Waals surface area (Å²) in [6, 6.07) is 11.6. The number of likely N-dealkylation sites (tertiary alicyclic amines) is 1. The molecule has 3 heteroatoms. The summed E-state index contributed by atoms with van der Waals surface area (Å²) >= 11 is 0. The van der Waals surface area contributed by atoms with Gasteiger partial charge in [-0.25, -0.2) is 0 Å². The van der Waals surface area contributed by atoms with Gasteiger partial charge in [0.05, 0.1) is 5.52 Å². The van der Waals surface area contributed by atoms with Crippen LogP contribution in [-0.2, 0) is 0 Å². The third-order valence-electron chi connectivity index (χ3n) is 4.62. The van der Waals surface area contributed by atoms with Gasteiger partial charge in [0.15, 0.2) is 0 Å². The molecule has 3 nitrogen and oxygen atoms in total. The first kappa shape index (κ1) is 14.5. The molecule has 112 valence electrons. The summed E-state index contributed by atoms with van der Waals surface area (Å²) in [5, 5.41) is 4.77. The number of benzene rings is 1. The Kier molecular flexibility index (Phi) is 4.22. The van der Waals surface area contributed by atoms with Crippen molar-refractivity contribution < 1.29 is 0 Å². The van der Waals surface area contributed by atoms with Gasteiger partial charge in [0.2, 0.25) is 0 Å². The van der Waals surface area contributed by atoms with E-state index in [0.29, 0.717) is 12.0 Å². The monoisotopic (exact) mass is 283 g/mol. The van der Waals surface area contributed by atoms with E-state index in [0.717, 1.165) is 24.3 Å². The highest BCUT2D eigenvalue weighted by Gasteiger charge is 2.32. The predicted octanol–water partition coefficient (Wildman–Crippen LogP) is 3.15. The van der Waals surface area contributed by atoms with Gasteiger partial charge in [0.1, 0.15) is 0 Å². The molecule has 0 radical (unpaired) electrons. The molecular formula is C18H25N3. The molecule has 0 amide bonds. The van der Waals surface area contributed by atoms with Crippen molar-refractivity contribution in [2.24, 2.45) is 5.92 Å². The molecule has 1 fully saturated rings. The Labute approximate surface area is 127 Å². The molecule has 0 aliphatic carbocycles. The van der Waals surface area contributed by atoms with Crippen LogP contribution in [0.1, 0.15) is 30.6 Å². The zero-order chi connectivity index (χ0) is 14.8. The summed E-state index contributed by atoms with van der Waals surface area (Å²) < 4.78 is 0. The highest BCUT2D eigenvalue weighted by molar-refractivity contribution is 5.79. The van der Waals surface area contributed by atoms with Gasteiger partial charge in [0, 0.05) is 17.1 Å². The molecule has 0 saturated carbocycles. The molecule has 1 aliphatic heterocycles. The lowest BCUT2D eigenvalue weighted by atomic mass is 9.92. The Morgan fingerprint density at radius 3 is 2.95 bits per heavy atom. The largest absolute Gasteiger partial charge is 0.317 e. The smallest absolute Gasteiger partial charge is 0.0705 e. The molecule has 0 spiro atoms. The van der Waals surface area contributed by atoms with Gasteiger partial charge in [-0.15, -0.1) is 0 Å². The SMILES string of the molecule is CCNCC1CCN(C)C1c1ccc2nc(C)ccc2c1. The topological polar surface area (TPSA) is 28.2 Å². The maximum atomic E-state index is 4.61. The van der Waals surface area contributed by atoms with E-state index in [9.17, 15) is 0 Å². The zero-order valence-electron chi connectivity index (χ0n) is 13.3. The van der Waals surface area contributed by atoms with Crippen LogP contribution in [0.3, 0.4) is 0 Å². The summed E-state index contributed by atoms with van der Waals surface area (Å²) in [4.78, 5) is 7.10. The normalized spacial score (nSPS) is 23.0. The first-order valence-corrected chi connectivity index (χ1v) is 7.97. The van der Waals surface area contributed by atoms with Gasteiger partial charge in [-0.05, 0) is 69.7 Å². The highest BCUT2D eigenvalue weighted by atomic mass is 15.2. The molecule has 2 heterocycles. The van der Waals surface area contributed by atoms with Crippen LogP contribution >= 0.6 is 0 Å².